The summed E-state index contributed by atoms with van der Waals surface area (Å²) in [6, 6.07) is 2.45. The van der Waals surface area contributed by atoms with Crippen LogP contribution in [0.1, 0.15) is 44.9 Å². The van der Waals surface area contributed by atoms with Gasteiger partial charge in [0.05, 0.1) is 0 Å². The average Bonchev–Trinajstić information content (AvgIpc) is 2.52. The van der Waals surface area contributed by atoms with Gasteiger partial charge in [0.15, 0.2) is 5.82 Å². The third-order valence-electron chi connectivity index (χ3n) is 3.83. The summed E-state index contributed by atoms with van der Waals surface area (Å²) in [5.41, 5.74) is 2.61. The number of nitrogens with one attached hydrogen (secondary N) is 1. The number of nitrogens with zero attached hydrogens (tertiary/aromatic N) is 3. The fourth-order valence-corrected chi connectivity index (χ4v) is 2.65. The molecule has 1 aromatic heterocycles. The summed E-state index contributed by atoms with van der Waals surface area (Å²) in [7, 11) is 2.10. The van der Waals surface area contributed by atoms with Crippen LogP contribution in [0.15, 0.2) is 6.07 Å². The molecule has 112 valence electrons. The van der Waals surface area contributed by atoms with Crippen LogP contribution in [-0.4, -0.2) is 29.7 Å². The van der Waals surface area contributed by atoms with Gasteiger partial charge < -0.3 is 15.1 Å². The van der Waals surface area contributed by atoms with Gasteiger partial charge >= 0.3 is 0 Å². The molecule has 0 amide bonds. The van der Waals surface area contributed by atoms with Gasteiger partial charge in [0.2, 0.25) is 0 Å². The number of anilines is 2. The molecule has 0 saturated heterocycles. The number of aromatic nitrogens is 2. The topological polar surface area (TPSA) is 76.3 Å². The third-order valence-corrected chi connectivity index (χ3v) is 3.83. The van der Waals surface area contributed by atoms with E-state index >= 15 is 0 Å². The molecular formula is C14H25N5O. The van der Waals surface area contributed by atoms with Gasteiger partial charge in [-0.1, -0.05) is 19.3 Å². The van der Waals surface area contributed by atoms with Crippen molar-refractivity contribution < 1.29 is 4.74 Å². The Labute approximate surface area is 120 Å². The van der Waals surface area contributed by atoms with Crippen LogP contribution in [0.3, 0.4) is 0 Å². The molecule has 6 nitrogen and oxygen atoms in total. The SMILES string of the molecule is CCOCc1nc(NN)cc(N(C)C2CCCCC2)n1. The summed E-state index contributed by atoms with van der Waals surface area (Å²) in [4.78, 5) is 11.2. The molecule has 0 atom stereocenters. The van der Waals surface area contributed by atoms with Crippen LogP contribution in [-0.2, 0) is 11.3 Å². The fraction of sp³-hybridized carbons (Fsp3) is 0.714. The molecule has 1 heterocycles. The fourth-order valence-electron chi connectivity index (χ4n) is 2.65. The average molecular weight is 279 g/mol. The van der Waals surface area contributed by atoms with E-state index in [1.54, 1.807) is 0 Å². The van der Waals surface area contributed by atoms with Crippen LogP contribution in [0.5, 0.6) is 0 Å². The molecule has 0 aliphatic heterocycles. The number of ether oxygens (including phenoxy) is 1. The van der Waals surface area contributed by atoms with Crippen LogP contribution in [0, 0.1) is 0 Å². The quantitative estimate of drug-likeness (QED) is 0.613. The predicted molar refractivity (Wildman–Crippen MR) is 80.4 cm³/mol. The molecular weight excluding hydrogens is 254 g/mol. The molecule has 0 aromatic carbocycles. The molecule has 1 aliphatic rings. The lowest BCUT2D eigenvalue weighted by Crippen LogP contribution is -2.34. The Bertz CT molecular complexity index is 420. The van der Waals surface area contributed by atoms with Crippen LogP contribution in [0.25, 0.3) is 0 Å². The zero-order chi connectivity index (χ0) is 14.4. The minimum absolute atomic E-state index is 0.414. The molecule has 2 rings (SSSR count). The van der Waals surface area contributed by atoms with E-state index in [0.717, 1.165) is 5.82 Å². The van der Waals surface area contributed by atoms with Crippen molar-refractivity contribution in [2.45, 2.75) is 51.7 Å². The second kappa shape index (κ2) is 7.40. The number of hydrogen-bond donors (Lipinski definition) is 2. The van der Waals surface area contributed by atoms with Gasteiger partial charge in [0, 0.05) is 25.8 Å². The Hall–Kier alpha value is -1.40. The Kier molecular flexibility index (Phi) is 5.55. The molecule has 0 unspecified atom stereocenters. The highest BCUT2D eigenvalue weighted by atomic mass is 16.5. The summed E-state index contributed by atoms with van der Waals surface area (Å²) in [5.74, 6) is 7.71. The number of hydrogen-bond acceptors (Lipinski definition) is 6. The zero-order valence-electron chi connectivity index (χ0n) is 12.4. The standard InChI is InChI=1S/C14H25N5O/c1-3-20-10-13-16-12(18-15)9-14(17-13)19(2)11-7-5-4-6-8-11/h9,11H,3-8,10,15H2,1-2H3,(H,16,17,18). The van der Waals surface area contributed by atoms with E-state index in [0.29, 0.717) is 30.9 Å². The highest BCUT2D eigenvalue weighted by Gasteiger charge is 2.20. The lowest BCUT2D eigenvalue weighted by atomic mass is 9.94. The second-order valence-corrected chi connectivity index (χ2v) is 5.21. The molecule has 0 bridgehead atoms. The Morgan fingerprint density at radius 1 is 1.35 bits per heavy atom. The van der Waals surface area contributed by atoms with Crippen molar-refractivity contribution in [1.29, 1.82) is 0 Å². The maximum Gasteiger partial charge on any atom is 0.158 e. The van der Waals surface area contributed by atoms with E-state index in [-0.39, 0.29) is 0 Å². The summed E-state index contributed by atoms with van der Waals surface area (Å²) in [6.07, 6.45) is 6.40. The van der Waals surface area contributed by atoms with E-state index in [4.69, 9.17) is 10.6 Å². The van der Waals surface area contributed by atoms with E-state index in [1.807, 2.05) is 13.0 Å². The first kappa shape index (κ1) is 15.0. The number of nitrogens with two attached hydrogens (primary N) is 1. The van der Waals surface area contributed by atoms with Gasteiger partial charge in [0.25, 0.3) is 0 Å². The van der Waals surface area contributed by atoms with Gasteiger partial charge in [-0.25, -0.2) is 15.8 Å². The molecule has 3 N–H and O–H groups in total. The third kappa shape index (κ3) is 3.80. The Morgan fingerprint density at radius 2 is 2.10 bits per heavy atom. The highest BCUT2D eigenvalue weighted by Crippen LogP contribution is 2.26. The smallest absolute Gasteiger partial charge is 0.158 e. The summed E-state index contributed by atoms with van der Waals surface area (Å²) in [5, 5.41) is 0. The van der Waals surface area contributed by atoms with E-state index in [1.165, 1.54) is 32.1 Å². The van der Waals surface area contributed by atoms with Crippen molar-refractivity contribution in [2.75, 3.05) is 24.0 Å². The molecule has 20 heavy (non-hydrogen) atoms. The predicted octanol–water partition coefficient (Wildman–Crippen LogP) is 2.07. The summed E-state index contributed by atoms with van der Waals surface area (Å²) < 4.78 is 5.39. The number of hydrazine groups is 1. The normalized spacial score (nSPS) is 16.1. The minimum atomic E-state index is 0.414. The molecule has 1 aromatic rings. The molecule has 1 fully saturated rings. The highest BCUT2D eigenvalue weighted by molar-refractivity contribution is 5.49. The maximum atomic E-state index is 5.50. The van der Waals surface area contributed by atoms with Crippen molar-refractivity contribution in [3.05, 3.63) is 11.9 Å². The van der Waals surface area contributed by atoms with Crippen LogP contribution >= 0.6 is 0 Å². The largest absolute Gasteiger partial charge is 0.374 e. The monoisotopic (exact) mass is 279 g/mol. The Balaban J connectivity index is 2.15. The van der Waals surface area contributed by atoms with Crippen LogP contribution in [0.2, 0.25) is 0 Å². The van der Waals surface area contributed by atoms with Crippen LogP contribution in [0.4, 0.5) is 11.6 Å². The van der Waals surface area contributed by atoms with Crippen molar-refractivity contribution in [1.82, 2.24) is 9.97 Å². The molecule has 6 heteroatoms. The van der Waals surface area contributed by atoms with E-state index in [9.17, 15) is 0 Å². The minimum Gasteiger partial charge on any atom is -0.374 e. The van der Waals surface area contributed by atoms with E-state index in [2.05, 4.69) is 27.3 Å². The van der Waals surface area contributed by atoms with Gasteiger partial charge in [0.1, 0.15) is 18.2 Å². The van der Waals surface area contributed by atoms with Gasteiger partial charge in [-0.15, -0.1) is 0 Å². The maximum absolute atomic E-state index is 5.50. The van der Waals surface area contributed by atoms with Crippen molar-refractivity contribution in [3.63, 3.8) is 0 Å². The van der Waals surface area contributed by atoms with Gasteiger partial charge in [-0.3, -0.25) is 0 Å². The second-order valence-electron chi connectivity index (χ2n) is 5.21. The lowest BCUT2D eigenvalue weighted by Gasteiger charge is -2.32. The lowest BCUT2D eigenvalue weighted by molar-refractivity contribution is 0.128. The van der Waals surface area contributed by atoms with Crippen molar-refractivity contribution in [2.24, 2.45) is 5.84 Å². The zero-order valence-corrected chi connectivity index (χ0v) is 12.4. The van der Waals surface area contributed by atoms with Crippen molar-refractivity contribution >= 4 is 11.6 Å². The molecule has 0 spiro atoms. The number of nitrogen functional groups attached to an aromatic ring is 1. The van der Waals surface area contributed by atoms with E-state index < -0.39 is 0 Å². The first-order chi connectivity index (χ1) is 9.74. The first-order valence-corrected chi connectivity index (χ1v) is 7.39. The summed E-state index contributed by atoms with van der Waals surface area (Å²) >= 11 is 0. The first-order valence-electron chi connectivity index (χ1n) is 7.39. The van der Waals surface area contributed by atoms with Crippen LogP contribution < -0.4 is 16.2 Å². The molecule has 1 aliphatic carbocycles. The number of rotatable bonds is 6. The van der Waals surface area contributed by atoms with Gasteiger partial charge in [-0.05, 0) is 19.8 Å². The Morgan fingerprint density at radius 3 is 2.75 bits per heavy atom. The van der Waals surface area contributed by atoms with Gasteiger partial charge in [-0.2, -0.15) is 0 Å². The molecule has 0 radical (unpaired) electrons. The van der Waals surface area contributed by atoms with Crippen molar-refractivity contribution in [3.8, 4) is 0 Å². The summed E-state index contributed by atoms with van der Waals surface area (Å²) in [6.45, 7) is 3.02. The molecule has 1 saturated carbocycles.